The van der Waals surface area contributed by atoms with Crippen molar-refractivity contribution in [2.75, 3.05) is 17.7 Å². The van der Waals surface area contributed by atoms with Gasteiger partial charge in [-0.15, -0.1) is 0 Å². The minimum atomic E-state index is -1.03. The van der Waals surface area contributed by atoms with Crippen molar-refractivity contribution in [1.29, 1.82) is 0 Å². The molecule has 1 unspecified atom stereocenters. The summed E-state index contributed by atoms with van der Waals surface area (Å²) in [5, 5.41) is 20.8. The zero-order chi connectivity index (χ0) is 14.8. The van der Waals surface area contributed by atoms with Crippen molar-refractivity contribution < 1.29 is 15.0 Å². The number of nitrogens with one attached hydrogen (secondary N) is 2. The first-order valence-corrected chi connectivity index (χ1v) is 5.96. The predicted molar refractivity (Wildman–Crippen MR) is 71.9 cm³/mol. The summed E-state index contributed by atoms with van der Waals surface area (Å²) in [4.78, 5) is 32.0. The van der Waals surface area contributed by atoms with Gasteiger partial charge in [0.1, 0.15) is 0 Å². The van der Waals surface area contributed by atoms with Gasteiger partial charge in [-0.1, -0.05) is 0 Å². The van der Waals surface area contributed by atoms with E-state index in [1.54, 1.807) is 0 Å². The molecule has 1 aliphatic carbocycles. The van der Waals surface area contributed by atoms with Gasteiger partial charge in [-0.2, -0.15) is 4.98 Å². The molecule has 1 aromatic rings. The summed E-state index contributed by atoms with van der Waals surface area (Å²) in [6, 6.07) is 0. The molecule has 0 radical (unpaired) electrons. The van der Waals surface area contributed by atoms with E-state index in [1.165, 1.54) is 6.21 Å². The van der Waals surface area contributed by atoms with E-state index in [4.69, 9.17) is 10.8 Å². The molecule has 1 aliphatic rings. The van der Waals surface area contributed by atoms with Gasteiger partial charge in [-0.05, 0) is 18.8 Å². The highest BCUT2D eigenvalue weighted by Crippen LogP contribution is 2.44. The molecule has 108 valence electrons. The van der Waals surface area contributed by atoms with E-state index in [2.05, 4.69) is 20.3 Å². The molecule has 1 fully saturated rings. The Labute approximate surface area is 113 Å². The van der Waals surface area contributed by atoms with Crippen LogP contribution in [0, 0.1) is 5.92 Å². The van der Waals surface area contributed by atoms with Gasteiger partial charge < -0.3 is 21.3 Å². The highest BCUT2D eigenvalue weighted by atomic mass is 16.3. The highest BCUT2D eigenvalue weighted by Gasteiger charge is 2.51. The molecule has 0 spiro atoms. The van der Waals surface area contributed by atoms with Crippen molar-refractivity contribution in [1.82, 2.24) is 9.97 Å². The number of aromatic amines is 1. The van der Waals surface area contributed by atoms with Crippen LogP contribution in [0.3, 0.4) is 0 Å². The van der Waals surface area contributed by atoms with E-state index in [0.29, 0.717) is 19.3 Å². The number of amides is 1. The molecule has 1 aromatic heterocycles. The van der Waals surface area contributed by atoms with E-state index < -0.39 is 11.2 Å². The van der Waals surface area contributed by atoms with Crippen LogP contribution in [-0.2, 0) is 4.79 Å². The molecule has 20 heavy (non-hydrogen) atoms. The first kappa shape index (κ1) is 14.2. The van der Waals surface area contributed by atoms with Crippen LogP contribution in [0.15, 0.2) is 9.79 Å². The van der Waals surface area contributed by atoms with Crippen molar-refractivity contribution in [2.24, 2.45) is 10.9 Å². The highest BCUT2D eigenvalue weighted by molar-refractivity contribution is 5.79. The number of nitrogens with zero attached hydrogens (tertiary/aromatic N) is 2. The van der Waals surface area contributed by atoms with Gasteiger partial charge in [0.15, 0.2) is 11.5 Å². The number of nitrogens with two attached hydrogens (primary N) is 1. The number of H-pyrrole nitrogens is 1. The van der Waals surface area contributed by atoms with Gasteiger partial charge in [0.25, 0.3) is 5.56 Å². The number of hydrogen-bond acceptors (Lipinski definition) is 7. The summed E-state index contributed by atoms with van der Waals surface area (Å²) in [5.41, 5.74) is 3.67. The van der Waals surface area contributed by atoms with Crippen LogP contribution in [-0.4, -0.2) is 45.0 Å². The summed E-state index contributed by atoms with van der Waals surface area (Å²) < 4.78 is 0. The lowest BCUT2D eigenvalue weighted by atomic mass is 10.2. The van der Waals surface area contributed by atoms with Crippen LogP contribution >= 0.6 is 0 Å². The lowest BCUT2D eigenvalue weighted by Crippen LogP contribution is -2.17. The zero-order valence-electron chi connectivity index (χ0n) is 10.5. The van der Waals surface area contributed by atoms with Crippen LogP contribution in [0.2, 0.25) is 0 Å². The number of nitrogen functional groups attached to an aromatic ring is 1. The first-order chi connectivity index (χ1) is 9.50. The molecule has 2 atom stereocenters. The smallest absolute Gasteiger partial charge is 0.278 e. The third-order valence-electron chi connectivity index (χ3n) is 3.20. The molecule has 9 nitrogen and oxygen atoms in total. The topological polar surface area (TPSA) is 154 Å². The summed E-state index contributed by atoms with van der Waals surface area (Å²) in [6.45, 7) is -0.292. The molecule has 0 aromatic carbocycles. The second-order valence-corrected chi connectivity index (χ2v) is 4.62. The molecule has 0 aliphatic heterocycles. The minimum absolute atomic E-state index is 0.00783. The summed E-state index contributed by atoms with van der Waals surface area (Å²) in [7, 11) is 0. The van der Waals surface area contributed by atoms with Crippen LogP contribution in [0.4, 0.5) is 17.5 Å². The SMILES string of the molecule is Nc1nc(/N=C/CC2C[C@@]2(O)CO)c(NC=O)c(=O)[nH]1. The summed E-state index contributed by atoms with van der Waals surface area (Å²) in [6.07, 6.45) is 2.73. The number of carbonyl (C=O) groups is 1. The van der Waals surface area contributed by atoms with E-state index >= 15 is 0 Å². The number of aliphatic imine (C=N–C) groups is 1. The third kappa shape index (κ3) is 2.83. The Kier molecular flexibility index (Phi) is 3.81. The predicted octanol–water partition coefficient (Wildman–Crippen LogP) is -1.24. The maximum atomic E-state index is 11.6. The maximum Gasteiger partial charge on any atom is 0.278 e. The Balaban J connectivity index is 2.12. The number of aromatic nitrogens is 2. The number of rotatable bonds is 6. The van der Waals surface area contributed by atoms with Gasteiger partial charge in [0.05, 0.1) is 12.2 Å². The van der Waals surface area contributed by atoms with Gasteiger partial charge in [-0.25, -0.2) is 4.99 Å². The number of carbonyl (C=O) groups excluding carboxylic acids is 1. The second kappa shape index (κ2) is 5.39. The number of hydrogen-bond donors (Lipinski definition) is 5. The fraction of sp³-hybridized carbons (Fsp3) is 0.455. The molecule has 0 saturated heterocycles. The molecule has 1 heterocycles. The van der Waals surface area contributed by atoms with E-state index in [9.17, 15) is 14.7 Å². The molecular weight excluding hydrogens is 266 g/mol. The fourth-order valence-corrected chi connectivity index (χ4v) is 1.89. The fourth-order valence-electron chi connectivity index (χ4n) is 1.89. The Morgan fingerprint density at radius 1 is 1.65 bits per heavy atom. The van der Waals surface area contributed by atoms with E-state index in [0.717, 1.165) is 0 Å². The van der Waals surface area contributed by atoms with E-state index in [1.807, 2.05) is 0 Å². The summed E-state index contributed by atoms with van der Waals surface area (Å²) in [5.74, 6) is -0.193. The molecule has 2 rings (SSSR count). The number of anilines is 2. The van der Waals surface area contributed by atoms with Crippen LogP contribution in [0.5, 0.6) is 0 Å². The van der Waals surface area contributed by atoms with Gasteiger partial charge in [0.2, 0.25) is 12.4 Å². The molecule has 1 saturated carbocycles. The Morgan fingerprint density at radius 2 is 2.40 bits per heavy atom. The van der Waals surface area contributed by atoms with Crippen molar-refractivity contribution in [3.05, 3.63) is 10.4 Å². The average Bonchev–Trinajstić information content (AvgIpc) is 3.05. The lowest BCUT2D eigenvalue weighted by molar-refractivity contribution is -0.105. The van der Waals surface area contributed by atoms with Crippen molar-refractivity contribution in [3.63, 3.8) is 0 Å². The third-order valence-corrected chi connectivity index (χ3v) is 3.20. The largest absolute Gasteiger partial charge is 0.393 e. The number of aliphatic hydroxyl groups is 2. The van der Waals surface area contributed by atoms with Gasteiger partial charge in [0, 0.05) is 6.21 Å². The van der Waals surface area contributed by atoms with Crippen molar-refractivity contribution >= 4 is 30.1 Å². The average molecular weight is 281 g/mol. The Morgan fingerprint density at radius 3 is 3.00 bits per heavy atom. The summed E-state index contributed by atoms with van der Waals surface area (Å²) >= 11 is 0. The maximum absolute atomic E-state index is 11.6. The van der Waals surface area contributed by atoms with Crippen LogP contribution in [0.1, 0.15) is 12.8 Å². The molecule has 0 bridgehead atoms. The van der Waals surface area contributed by atoms with Crippen molar-refractivity contribution in [2.45, 2.75) is 18.4 Å². The lowest BCUT2D eigenvalue weighted by Gasteiger charge is -2.04. The zero-order valence-corrected chi connectivity index (χ0v) is 10.5. The van der Waals surface area contributed by atoms with Crippen LogP contribution in [0.25, 0.3) is 0 Å². The Bertz CT molecular complexity index is 599. The standard InChI is InChI=1S/C11H15N5O4/c12-10-15-8(7(14-5-18)9(19)16-10)13-2-1-6-3-11(6,20)4-17/h2,5-6,17,20H,1,3-4H2,(H,14,18)(H3,12,15,16,19)/b13-2+/t6?,11-/m1/s1. The second-order valence-electron chi connectivity index (χ2n) is 4.62. The quantitative estimate of drug-likeness (QED) is 0.324. The molecular formula is C11H15N5O4. The van der Waals surface area contributed by atoms with Gasteiger partial charge >= 0.3 is 0 Å². The molecule has 9 heteroatoms. The minimum Gasteiger partial charge on any atom is -0.393 e. The number of aliphatic hydroxyl groups excluding tert-OH is 1. The molecule has 6 N–H and O–H groups in total. The monoisotopic (exact) mass is 281 g/mol. The van der Waals surface area contributed by atoms with Crippen molar-refractivity contribution in [3.8, 4) is 0 Å². The Hall–Kier alpha value is -2.26. The normalized spacial score (nSPS) is 24.8. The van der Waals surface area contributed by atoms with Gasteiger partial charge in [-0.3, -0.25) is 14.6 Å². The van der Waals surface area contributed by atoms with Crippen LogP contribution < -0.4 is 16.6 Å². The first-order valence-electron chi connectivity index (χ1n) is 5.96. The van der Waals surface area contributed by atoms with E-state index in [-0.39, 0.29) is 30.0 Å². The molecule has 1 amide bonds.